The molecular weight excluding hydrogens is 328 g/mol. The number of likely N-dealkylation sites (tertiary alicyclic amines) is 1. The lowest BCUT2D eigenvalue weighted by Gasteiger charge is -2.32. The normalized spacial score (nSPS) is 17.7. The van der Waals surface area contributed by atoms with Crippen LogP contribution < -0.4 is 0 Å². The Labute approximate surface area is 152 Å². The number of amides is 1. The SMILES string of the molecule is Cc1cccc2[nH]c([C@H]3CCCN(C(=O)CCCn4cncn4)C3)nc12. The fourth-order valence-electron chi connectivity index (χ4n) is 3.71. The minimum atomic E-state index is 0.224. The Morgan fingerprint density at radius 1 is 1.38 bits per heavy atom. The summed E-state index contributed by atoms with van der Waals surface area (Å²) in [6, 6.07) is 6.19. The number of aromatic amines is 1. The highest BCUT2D eigenvalue weighted by Gasteiger charge is 2.26. The van der Waals surface area contributed by atoms with E-state index in [9.17, 15) is 4.79 Å². The summed E-state index contributed by atoms with van der Waals surface area (Å²) in [7, 11) is 0. The molecule has 0 unspecified atom stereocenters. The lowest BCUT2D eigenvalue weighted by atomic mass is 9.97. The summed E-state index contributed by atoms with van der Waals surface area (Å²) in [5.74, 6) is 1.52. The number of hydrogen-bond acceptors (Lipinski definition) is 4. The largest absolute Gasteiger partial charge is 0.342 e. The molecule has 0 aliphatic carbocycles. The predicted octanol–water partition coefficient (Wildman–Crippen LogP) is 2.65. The van der Waals surface area contributed by atoms with Crippen molar-refractivity contribution in [2.24, 2.45) is 0 Å². The van der Waals surface area contributed by atoms with Gasteiger partial charge in [0.25, 0.3) is 0 Å². The number of imidazole rings is 1. The van der Waals surface area contributed by atoms with Crippen LogP contribution in [-0.4, -0.2) is 48.6 Å². The molecule has 7 nitrogen and oxygen atoms in total. The fraction of sp³-hybridized carbons (Fsp3) is 0.474. The van der Waals surface area contributed by atoms with Crippen LogP contribution in [0.25, 0.3) is 11.0 Å². The van der Waals surface area contributed by atoms with Crippen LogP contribution in [0, 0.1) is 6.92 Å². The first-order valence-corrected chi connectivity index (χ1v) is 9.26. The molecule has 1 atom stereocenters. The molecule has 3 heterocycles. The molecule has 3 aromatic rings. The van der Waals surface area contributed by atoms with Gasteiger partial charge in [-0.1, -0.05) is 12.1 Å². The Morgan fingerprint density at radius 3 is 3.12 bits per heavy atom. The number of rotatable bonds is 5. The van der Waals surface area contributed by atoms with Crippen LogP contribution in [0.5, 0.6) is 0 Å². The predicted molar refractivity (Wildman–Crippen MR) is 98.6 cm³/mol. The molecule has 4 rings (SSSR count). The van der Waals surface area contributed by atoms with Gasteiger partial charge in [-0.15, -0.1) is 0 Å². The Bertz CT molecular complexity index is 885. The van der Waals surface area contributed by atoms with Crippen LogP contribution in [0.4, 0.5) is 0 Å². The Kier molecular flexibility index (Phi) is 4.69. The van der Waals surface area contributed by atoms with Crippen LogP contribution in [0.3, 0.4) is 0 Å². The highest BCUT2D eigenvalue weighted by Crippen LogP contribution is 2.28. The van der Waals surface area contributed by atoms with E-state index < -0.39 is 0 Å². The van der Waals surface area contributed by atoms with Crippen LogP contribution in [0.15, 0.2) is 30.9 Å². The molecule has 1 amide bonds. The Hall–Kier alpha value is -2.70. The molecule has 0 spiro atoms. The number of benzene rings is 1. The number of nitrogens with zero attached hydrogens (tertiary/aromatic N) is 5. The zero-order valence-electron chi connectivity index (χ0n) is 15.1. The second-order valence-electron chi connectivity index (χ2n) is 7.03. The molecule has 26 heavy (non-hydrogen) atoms. The van der Waals surface area contributed by atoms with E-state index in [4.69, 9.17) is 4.98 Å². The first-order chi connectivity index (χ1) is 12.7. The van der Waals surface area contributed by atoms with E-state index in [-0.39, 0.29) is 11.8 Å². The lowest BCUT2D eigenvalue weighted by Crippen LogP contribution is -2.39. The van der Waals surface area contributed by atoms with Gasteiger partial charge >= 0.3 is 0 Å². The van der Waals surface area contributed by atoms with E-state index in [2.05, 4.69) is 34.1 Å². The van der Waals surface area contributed by atoms with Gasteiger partial charge in [-0.3, -0.25) is 9.48 Å². The standard InChI is InChI=1S/C19H24N6O/c1-14-5-2-7-16-18(14)23-19(22-16)15-6-3-9-24(11-15)17(26)8-4-10-25-13-20-12-21-25/h2,5,7,12-13,15H,3-4,6,8-11H2,1H3,(H,22,23)/t15-/m0/s1. The maximum atomic E-state index is 12.6. The van der Waals surface area contributed by atoms with E-state index in [0.29, 0.717) is 6.42 Å². The van der Waals surface area contributed by atoms with Crippen molar-refractivity contribution in [2.75, 3.05) is 13.1 Å². The van der Waals surface area contributed by atoms with Crippen molar-refractivity contribution in [2.45, 2.75) is 45.1 Å². The van der Waals surface area contributed by atoms with E-state index in [1.54, 1.807) is 11.0 Å². The number of hydrogen-bond donors (Lipinski definition) is 1. The topological polar surface area (TPSA) is 79.7 Å². The molecule has 1 fully saturated rings. The van der Waals surface area contributed by atoms with E-state index >= 15 is 0 Å². The monoisotopic (exact) mass is 352 g/mol. The van der Waals surface area contributed by atoms with E-state index in [1.165, 1.54) is 11.9 Å². The Morgan fingerprint density at radius 2 is 2.31 bits per heavy atom. The van der Waals surface area contributed by atoms with Crippen molar-refractivity contribution in [3.8, 4) is 0 Å². The number of carbonyl (C=O) groups excluding carboxylic acids is 1. The number of nitrogens with one attached hydrogen (secondary N) is 1. The summed E-state index contributed by atoms with van der Waals surface area (Å²) in [4.78, 5) is 26.8. The van der Waals surface area contributed by atoms with Crippen LogP contribution >= 0.6 is 0 Å². The van der Waals surface area contributed by atoms with Crippen molar-refractivity contribution >= 4 is 16.9 Å². The molecule has 7 heteroatoms. The molecule has 1 aromatic carbocycles. The zero-order valence-corrected chi connectivity index (χ0v) is 15.1. The maximum Gasteiger partial charge on any atom is 0.222 e. The van der Waals surface area contributed by atoms with Gasteiger partial charge in [0.15, 0.2) is 0 Å². The minimum absolute atomic E-state index is 0.224. The highest BCUT2D eigenvalue weighted by atomic mass is 16.2. The Balaban J connectivity index is 1.38. The number of fused-ring (bicyclic) bond motifs is 1. The molecule has 1 aliphatic rings. The molecule has 0 radical (unpaired) electrons. The van der Waals surface area contributed by atoms with E-state index in [0.717, 1.165) is 55.8 Å². The number of aryl methyl sites for hydroxylation is 2. The van der Waals surface area contributed by atoms with Gasteiger partial charge in [-0.05, 0) is 37.8 Å². The molecule has 136 valence electrons. The van der Waals surface area contributed by atoms with Gasteiger partial charge in [0.1, 0.15) is 18.5 Å². The highest BCUT2D eigenvalue weighted by molar-refractivity contribution is 5.79. The second-order valence-corrected chi connectivity index (χ2v) is 7.03. The van der Waals surface area contributed by atoms with Crippen LogP contribution in [0.1, 0.15) is 43.0 Å². The third-order valence-electron chi connectivity index (χ3n) is 5.14. The summed E-state index contributed by atoms with van der Waals surface area (Å²) in [5, 5.41) is 4.07. The zero-order chi connectivity index (χ0) is 17.9. The molecule has 2 aromatic heterocycles. The van der Waals surface area contributed by atoms with Gasteiger partial charge in [-0.25, -0.2) is 9.97 Å². The molecular formula is C19H24N6O. The third kappa shape index (κ3) is 3.47. The van der Waals surface area contributed by atoms with Crippen molar-refractivity contribution in [1.82, 2.24) is 29.6 Å². The fourth-order valence-corrected chi connectivity index (χ4v) is 3.71. The van der Waals surface area contributed by atoms with Crippen molar-refractivity contribution < 1.29 is 4.79 Å². The summed E-state index contributed by atoms with van der Waals surface area (Å²) in [5.41, 5.74) is 3.30. The van der Waals surface area contributed by atoms with Gasteiger partial charge in [0, 0.05) is 32.0 Å². The third-order valence-corrected chi connectivity index (χ3v) is 5.14. The minimum Gasteiger partial charge on any atom is -0.342 e. The summed E-state index contributed by atoms with van der Waals surface area (Å²) in [6.45, 7) is 4.41. The van der Waals surface area contributed by atoms with Gasteiger partial charge in [-0.2, -0.15) is 5.10 Å². The first-order valence-electron chi connectivity index (χ1n) is 9.26. The summed E-state index contributed by atoms with van der Waals surface area (Å²) < 4.78 is 1.77. The molecule has 1 aliphatic heterocycles. The molecule has 0 saturated carbocycles. The smallest absolute Gasteiger partial charge is 0.222 e. The lowest BCUT2D eigenvalue weighted by molar-refractivity contribution is -0.132. The number of piperidine rings is 1. The number of carbonyl (C=O) groups is 1. The summed E-state index contributed by atoms with van der Waals surface area (Å²) in [6.07, 6.45) is 6.63. The van der Waals surface area contributed by atoms with Crippen molar-refractivity contribution in [3.63, 3.8) is 0 Å². The van der Waals surface area contributed by atoms with Crippen LogP contribution in [0.2, 0.25) is 0 Å². The number of aromatic nitrogens is 5. The van der Waals surface area contributed by atoms with E-state index in [1.807, 2.05) is 11.0 Å². The van der Waals surface area contributed by atoms with Gasteiger partial charge in [0.2, 0.25) is 5.91 Å². The molecule has 1 saturated heterocycles. The van der Waals surface area contributed by atoms with Crippen molar-refractivity contribution in [1.29, 1.82) is 0 Å². The van der Waals surface area contributed by atoms with Gasteiger partial charge < -0.3 is 9.88 Å². The number of H-pyrrole nitrogens is 1. The number of para-hydroxylation sites is 1. The van der Waals surface area contributed by atoms with Gasteiger partial charge in [0.05, 0.1) is 11.0 Å². The molecule has 0 bridgehead atoms. The second kappa shape index (κ2) is 7.27. The van der Waals surface area contributed by atoms with Crippen molar-refractivity contribution in [3.05, 3.63) is 42.2 Å². The van der Waals surface area contributed by atoms with Crippen LogP contribution in [-0.2, 0) is 11.3 Å². The quantitative estimate of drug-likeness (QED) is 0.765. The first kappa shape index (κ1) is 16.8. The average molecular weight is 352 g/mol. The molecule has 1 N–H and O–H groups in total. The average Bonchev–Trinajstić information content (AvgIpc) is 3.32. The summed E-state index contributed by atoms with van der Waals surface area (Å²) >= 11 is 0. The maximum absolute atomic E-state index is 12.6.